The highest BCUT2D eigenvalue weighted by molar-refractivity contribution is 5.05. The van der Waals surface area contributed by atoms with Crippen LogP contribution in [0.2, 0.25) is 0 Å². The molecule has 0 aromatic heterocycles. The Morgan fingerprint density at radius 1 is 0.946 bits per heavy atom. The summed E-state index contributed by atoms with van der Waals surface area (Å²) in [5, 5.41) is 67.6. The van der Waals surface area contributed by atoms with E-state index in [2.05, 4.69) is 10.6 Å². The third kappa shape index (κ3) is 7.15. The molecular weight excluding hydrogens is 490 g/mol. The van der Waals surface area contributed by atoms with Crippen molar-refractivity contribution in [1.82, 2.24) is 10.6 Å². The van der Waals surface area contributed by atoms with Crippen LogP contribution in [0.5, 0.6) is 0 Å². The van der Waals surface area contributed by atoms with Crippen LogP contribution in [0.3, 0.4) is 0 Å². The van der Waals surface area contributed by atoms with Gasteiger partial charge in [0.2, 0.25) is 0 Å². The van der Waals surface area contributed by atoms with Crippen LogP contribution in [0.1, 0.15) is 26.2 Å². The molecule has 218 valence electrons. The Morgan fingerprint density at radius 3 is 2.27 bits per heavy atom. The van der Waals surface area contributed by atoms with E-state index in [4.69, 9.17) is 31.4 Å². The monoisotopic (exact) mass is 537 g/mol. The molecule has 3 fully saturated rings. The molecule has 0 radical (unpaired) electrons. The second-order valence-corrected chi connectivity index (χ2v) is 10.5. The SMILES string of the molecule is CCNCC1CCC(N)C(C2C(N)CC(NC(CO)CO)C(OC3OC(CO)C(O)C(N)C3O)C2O)O1. The van der Waals surface area contributed by atoms with Crippen molar-refractivity contribution in [2.75, 3.05) is 32.9 Å². The zero-order valence-electron chi connectivity index (χ0n) is 21.4. The summed E-state index contributed by atoms with van der Waals surface area (Å²) in [4.78, 5) is 0. The van der Waals surface area contributed by atoms with Crippen molar-refractivity contribution < 1.29 is 44.8 Å². The standard InChI is InChI=1S/C23H47N5O9/c1-2-27-6-11-3-4-12(24)21(35-11)16-13(25)5-14(28-10(7-29)8-30)22(19(16)33)37-23-20(34)17(26)18(32)15(9-31)36-23/h10-23,27-34H,2-9,24-26H2,1H3. The second kappa shape index (κ2) is 14.2. The molecule has 3 rings (SSSR count). The molecule has 0 bridgehead atoms. The molecule has 13 unspecified atom stereocenters. The summed E-state index contributed by atoms with van der Waals surface area (Å²) in [6, 6.07) is -3.46. The van der Waals surface area contributed by atoms with Crippen molar-refractivity contribution in [1.29, 1.82) is 0 Å². The summed E-state index contributed by atoms with van der Waals surface area (Å²) in [5.74, 6) is -0.627. The fourth-order valence-corrected chi connectivity index (χ4v) is 5.69. The maximum atomic E-state index is 11.6. The van der Waals surface area contributed by atoms with E-state index >= 15 is 0 Å². The minimum atomic E-state index is -1.45. The van der Waals surface area contributed by atoms with Crippen LogP contribution in [0, 0.1) is 5.92 Å². The van der Waals surface area contributed by atoms with Gasteiger partial charge in [0.05, 0.1) is 50.2 Å². The number of aliphatic hydroxyl groups is 6. The summed E-state index contributed by atoms with van der Waals surface area (Å²) in [6.45, 7) is 2.13. The average molecular weight is 538 g/mol. The van der Waals surface area contributed by atoms with Crippen LogP contribution in [-0.2, 0) is 14.2 Å². The molecule has 3 aliphatic rings. The Labute approximate surface area is 217 Å². The minimum Gasteiger partial charge on any atom is -0.395 e. The maximum absolute atomic E-state index is 11.6. The van der Waals surface area contributed by atoms with Crippen molar-refractivity contribution >= 4 is 0 Å². The summed E-state index contributed by atoms with van der Waals surface area (Å²) in [5.41, 5.74) is 18.9. The van der Waals surface area contributed by atoms with Gasteiger partial charge < -0.3 is 72.7 Å². The number of rotatable bonds is 11. The third-order valence-corrected chi connectivity index (χ3v) is 7.86. The lowest BCUT2D eigenvalue weighted by molar-refractivity contribution is -0.306. The van der Waals surface area contributed by atoms with Crippen LogP contribution < -0.4 is 27.8 Å². The van der Waals surface area contributed by atoms with Gasteiger partial charge in [-0.2, -0.15) is 0 Å². The van der Waals surface area contributed by atoms with Gasteiger partial charge in [-0.05, 0) is 25.8 Å². The molecule has 2 saturated heterocycles. The second-order valence-electron chi connectivity index (χ2n) is 10.5. The van der Waals surface area contributed by atoms with E-state index in [1.165, 1.54) is 0 Å². The predicted octanol–water partition coefficient (Wildman–Crippen LogP) is -5.36. The van der Waals surface area contributed by atoms with Gasteiger partial charge in [0.1, 0.15) is 24.4 Å². The number of ether oxygens (including phenoxy) is 3. The first-order chi connectivity index (χ1) is 17.7. The lowest BCUT2D eigenvalue weighted by Gasteiger charge is -2.51. The van der Waals surface area contributed by atoms with Gasteiger partial charge in [0, 0.05) is 30.6 Å². The van der Waals surface area contributed by atoms with Gasteiger partial charge in [-0.1, -0.05) is 6.92 Å². The fraction of sp³-hybridized carbons (Fsp3) is 1.00. The van der Waals surface area contributed by atoms with E-state index in [0.717, 1.165) is 13.0 Å². The first-order valence-electron chi connectivity index (χ1n) is 13.2. The molecule has 13 atom stereocenters. The van der Waals surface area contributed by atoms with Gasteiger partial charge >= 0.3 is 0 Å². The van der Waals surface area contributed by atoms with E-state index < -0.39 is 79.6 Å². The van der Waals surface area contributed by atoms with Gasteiger partial charge in [0.15, 0.2) is 6.29 Å². The largest absolute Gasteiger partial charge is 0.395 e. The summed E-state index contributed by atoms with van der Waals surface area (Å²) >= 11 is 0. The highest BCUT2D eigenvalue weighted by atomic mass is 16.7. The normalized spacial score (nSPS) is 45.3. The number of aliphatic hydroxyl groups excluding tert-OH is 6. The summed E-state index contributed by atoms with van der Waals surface area (Å²) in [7, 11) is 0. The molecule has 0 aromatic carbocycles. The molecule has 1 saturated carbocycles. The molecular formula is C23H47N5O9. The van der Waals surface area contributed by atoms with Crippen molar-refractivity contribution in [2.45, 2.75) is 105 Å². The molecule has 14 N–H and O–H groups in total. The van der Waals surface area contributed by atoms with Crippen LogP contribution in [0.25, 0.3) is 0 Å². The van der Waals surface area contributed by atoms with E-state index in [0.29, 0.717) is 13.0 Å². The van der Waals surface area contributed by atoms with Gasteiger partial charge in [-0.15, -0.1) is 0 Å². The zero-order chi connectivity index (χ0) is 27.3. The van der Waals surface area contributed by atoms with Gasteiger partial charge in [0.25, 0.3) is 0 Å². The average Bonchev–Trinajstić information content (AvgIpc) is 2.89. The minimum absolute atomic E-state index is 0.0965. The molecule has 14 heteroatoms. The van der Waals surface area contributed by atoms with Crippen LogP contribution in [0.15, 0.2) is 0 Å². The van der Waals surface area contributed by atoms with Crippen molar-refractivity contribution in [2.24, 2.45) is 23.1 Å². The topological polar surface area (TPSA) is 251 Å². The number of hydrogen-bond acceptors (Lipinski definition) is 14. The maximum Gasteiger partial charge on any atom is 0.186 e. The zero-order valence-corrected chi connectivity index (χ0v) is 21.4. The smallest absolute Gasteiger partial charge is 0.186 e. The molecule has 2 aliphatic heterocycles. The molecule has 0 aromatic rings. The highest BCUT2D eigenvalue weighted by Gasteiger charge is 2.52. The Kier molecular flexibility index (Phi) is 11.9. The lowest BCUT2D eigenvalue weighted by Crippen LogP contribution is -2.69. The summed E-state index contributed by atoms with van der Waals surface area (Å²) < 4.78 is 18.0. The Bertz CT molecular complexity index is 677. The quantitative estimate of drug-likeness (QED) is 0.118. The summed E-state index contributed by atoms with van der Waals surface area (Å²) in [6.07, 6.45) is -6.45. The number of nitrogens with two attached hydrogens (primary N) is 3. The molecule has 0 spiro atoms. The third-order valence-electron chi connectivity index (χ3n) is 7.86. The molecule has 0 amide bonds. The van der Waals surface area contributed by atoms with Crippen molar-refractivity contribution in [3.05, 3.63) is 0 Å². The first kappa shape index (κ1) is 31.0. The Morgan fingerprint density at radius 2 is 1.65 bits per heavy atom. The molecule has 2 heterocycles. The fourth-order valence-electron chi connectivity index (χ4n) is 5.69. The molecule has 14 nitrogen and oxygen atoms in total. The van der Waals surface area contributed by atoms with Crippen molar-refractivity contribution in [3.63, 3.8) is 0 Å². The number of likely N-dealkylation sites (N-methyl/N-ethyl adjacent to an activating group) is 1. The predicted molar refractivity (Wildman–Crippen MR) is 132 cm³/mol. The van der Waals surface area contributed by atoms with Crippen LogP contribution >= 0.6 is 0 Å². The lowest BCUT2D eigenvalue weighted by atomic mass is 9.72. The van der Waals surface area contributed by atoms with E-state index in [1.807, 2.05) is 6.92 Å². The Balaban J connectivity index is 1.85. The first-order valence-corrected chi connectivity index (χ1v) is 13.2. The van der Waals surface area contributed by atoms with E-state index in [9.17, 15) is 30.6 Å². The van der Waals surface area contributed by atoms with E-state index in [-0.39, 0.29) is 31.8 Å². The molecule has 37 heavy (non-hydrogen) atoms. The number of hydrogen-bond donors (Lipinski definition) is 11. The van der Waals surface area contributed by atoms with E-state index in [1.54, 1.807) is 0 Å². The van der Waals surface area contributed by atoms with Gasteiger partial charge in [-0.3, -0.25) is 0 Å². The van der Waals surface area contributed by atoms with Gasteiger partial charge in [-0.25, -0.2) is 0 Å². The van der Waals surface area contributed by atoms with Crippen molar-refractivity contribution in [3.8, 4) is 0 Å². The molecule has 1 aliphatic carbocycles. The Hall–Kier alpha value is -0.560. The van der Waals surface area contributed by atoms with Crippen LogP contribution in [-0.4, -0.2) is 143 Å². The number of nitrogens with one attached hydrogen (secondary N) is 2. The highest BCUT2D eigenvalue weighted by Crippen LogP contribution is 2.36. The van der Waals surface area contributed by atoms with Crippen LogP contribution in [0.4, 0.5) is 0 Å².